The summed E-state index contributed by atoms with van der Waals surface area (Å²) < 4.78 is 5.37. The molecule has 0 saturated heterocycles. The molecule has 1 aromatic carbocycles. The molecule has 5 heteroatoms. The average Bonchev–Trinajstić information content (AvgIpc) is 2.69. The van der Waals surface area contributed by atoms with Crippen molar-refractivity contribution in [2.24, 2.45) is 0 Å². The molecular weight excluding hydrogens is 266 g/mol. The zero-order valence-corrected chi connectivity index (χ0v) is 11.4. The van der Waals surface area contributed by atoms with E-state index in [-0.39, 0.29) is 5.56 Å². The van der Waals surface area contributed by atoms with Crippen LogP contribution in [-0.2, 0) is 6.54 Å². The van der Waals surface area contributed by atoms with Gasteiger partial charge >= 0.3 is 5.97 Å². The van der Waals surface area contributed by atoms with Gasteiger partial charge in [0.2, 0.25) is 0 Å². The van der Waals surface area contributed by atoms with Gasteiger partial charge < -0.3 is 14.8 Å². The lowest BCUT2D eigenvalue weighted by Gasteiger charge is -2.07. The Morgan fingerprint density at radius 1 is 1.37 bits per heavy atom. The number of hydrogen-bond acceptors (Lipinski definition) is 3. The molecule has 1 aromatic heterocycles. The normalized spacial score (nSPS) is 10.5. The third-order valence-corrected chi connectivity index (χ3v) is 3.09. The lowest BCUT2D eigenvalue weighted by atomic mass is 10.2. The van der Waals surface area contributed by atoms with Crippen molar-refractivity contribution in [2.45, 2.75) is 20.4 Å². The van der Waals surface area contributed by atoms with E-state index in [4.69, 9.17) is 21.1 Å². The Kier molecular flexibility index (Phi) is 3.81. The van der Waals surface area contributed by atoms with Gasteiger partial charge in [0.1, 0.15) is 17.1 Å². The summed E-state index contributed by atoms with van der Waals surface area (Å²) in [4.78, 5) is 10.9. The van der Waals surface area contributed by atoms with E-state index >= 15 is 0 Å². The molecule has 100 valence electrons. The molecule has 2 rings (SSSR count). The van der Waals surface area contributed by atoms with Gasteiger partial charge in [-0.05, 0) is 37.6 Å². The van der Waals surface area contributed by atoms with Crippen molar-refractivity contribution in [3.05, 3.63) is 51.9 Å². The van der Waals surface area contributed by atoms with Crippen molar-refractivity contribution >= 4 is 23.3 Å². The van der Waals surface area contributed by atoms with Crippen molar-refractivity contribution in [1.82, 2.24) is 0 Å². The second kappa shape index (κ2) is 5.36. The molecule has 4 nitrogen and oxygen atoms in total. The summed E-state index contributed by atoms with van der Waals surface area (Å²) in [7, 11) is 0. The van der Waals surface area contributed by atoms with Gasteiger partial charge in [-0.15, -0.1) is 0 Å². The van der Waals surface area contributed by atoms with E-state index in [1.165, 1.54) is 6.07 Å². The number of benzene rings is 1. The monoisotopic (exact) mass is 279 g/mol. The highest BCUT2D eigenvalue weighted by molar-refractivity contribution is 6.33. The molecule has 0 fully saturated rings. The van der Waals surface area contributed by atoms with Crippen molar-refractivity contribution in [2.75, 3.05) is 5.32 Å². The van der Waals surface area contributed by atoms with Crippen molar-refractivity contribution in [3.63, 3.8) is 0 Å². The Morgan fingerprint density at radius 3 is 2.68 bits per heavy atom. The molecule has 0 saturated carbocycles. The lowest BCUT2D eigenvalue weighted by Crippen LogP contribution is -1.99. The first-order valence-electron chi connectivity index (χ1n) is 5.80. The maximum absolute atomic E-state index is 10.9. The van der Waals surface area contributed by atoms with E-state index in [0.29, 0.717) is 23.1 Å². The van der Waals surface area contributed by atoms with Crippen LogP contribution in [0.15, 0.2) is 28.7 Å². The van der Waals surface area contributed by atoms with E-state index in [9.17, 15) is 4.79 Å². The summed E-state index contributed by atoms with van der Waals surface area (Å²) in [5.41, 5.74) is 2.06. The van der Waals surface area contributed by atoms with Crippen LogP contribution in [0, 0.1) is 13.8 Å². The zero-order valence-electron chi connectivity index (χ0n) is 10.7. The molecule has 19 heavy (non-hydrogen) atoms. The van der Waals surface area contributed by atoms with Gasteiger partial charge in [-0.1, -0.05) is 17.7 Å². The third-order valence-electron chi connectivity index (χ3n) is 2.78. The molecule has 0 aliphatic heterocycles. The van der Waals surface area contributed by atoms with Gasteiger partial charge in [0, 0.05) is 0 Å². The molecule has 0 atom stereocenters. The lowest BCUT2D eigenvalue weighted by molar-refractivity contribution is 0.0695. The summed E-state index contributed by atoms with van der Waals surface area (Å²) >= 11 is 6.10. The third kappa shape index (κ3) is 3.09. The highest BCUT2D eigenvalue weighted by Crippen LogP contribution is 2.24. The second-order valence-corrected chi connectivity index (χ2v) is 4.73. The molecule has 0 amide bonds. The zero-order chi connectivity index (χ0) is 14.0. The first-order chi connectivity index (χ1) is 8.97. The van der Waals surface area contributed by atoms with Crippen LogP contribution in [0.1, 0.15) is 27.4 Å². The first-order valence-corrected chi connectivity index (χ1v) is 6.18. The van der Waals surface area contributed by atoms with Crippen LogP contribution in [0.25, 0.3) is 0 Å². The number of carboxylic acid groups (broad SMARTS) is 1. The number of aryl methyl sites for hydroxylation is 2. The molecule has 0 spiro atoms. The summed E-state index contributed by atoms with van der Waals surface area (Å²) in [6.45, 7) is 3.98. The van der Waals surface area contributed by atoms with Gasteiger partial charge in [0.15, 0.2) is 0 Å². The second-order valence-electron chi connectivity index (χ2n) is 4.32. The predicted molar refractivity (Wildman–Crippen MR) is 73.9 cm³/mol. The number of hydrogen-bond donors (Lipinski definition) is 2. The molecule has 2 aromatic rings. The van der Waals surface area contributed by atoms with Crippen LogP contribution in [0.3, 0.4) is 0 Å². The van der Waals surface area contributed by atoms with Crippen LogP contribution >= 0.6 is 11.6 Å². The van der Waals surface area contributed by atoms with Crippen LogP contribution in [0.2, 0.25) is 5.02 Å². The molecular formula is C14H14ClNO3. The minimum absolute atomic E-state index is 0.187. The van der Waals surface area contributed by atoms with E-state index in [1.54, 1.807) is 6.92 Å². The minimum Gasteiger partial charge on any atom is -0.478 e. The fraction of sp³-hybridized carbons (Fsp3) is 0.214. The van der Waals surface area contributed by atoms with Gasteiger partial charge in [0.25, 0.3) is 0 Å². The number of carbonyl (C=O) groups is 1. The van der Waals surface area contributed by atoms with Gasteiger partial charge in [-0.3, -0.25) is 0 Å². The van der Waals surface area contributed by atoms with Crippen LogP contribution in [-0.4, -0.2) is 11.1 Å². The Labute approximate surface area is 116 Å². The van der Waals surface area contributed by atoms with Gasteiger partial charge in [0.05, 0.1) is 17.3 Å². The van der Waals surface area contributed by atoms with Crippen LogP contribution in [0.4, 0.5) is 5.69 Å². The van der Waals surface area contributed by atoms with Gasteiger partial charge in [-0.25, -0.2) is 4.79 Å². The Morgan fingerprint density at radius 2 is 2.11 bits per heavy atom. The number of anilines is 1. The van der Waals surface area contributed by atoms with Crippen molar-refractivity contribution in [1.29, 1.82) is 0 Å². The quantitative estimate of drug-likeness (QED) is 0.892. The predicted octanol–water partition coefficient (Wildman–Crippen LogP) is 3.86. The Bertz CT molecular complexity index is 619. The van der Waals surface area contributed by atoms with Crippen molar-refractivity contribution in [3.8, 4) is 0 Å². The Balaban J connectivity index is 2.10. The average molecular weight is 280 g/mol. The van der Waals surface area contributed by atoms with E-state index < -0.39 is 5.97 Å². The fourth-order valence-electron chi connectivity index (χ4n) is 1.79. The van der Waals surface area contributed by atoms with E-state index in [2.05, 4.69) is 5.32 Å². The maximum Gasteiger partial charge on any atom is 0.339 e. The summed E-state index contributed by atoms with van der Waals surface area (Å²) in [5, 5.41) is 12.7. The number of rotatable bonds is 4. The Hall–Kier alpha value is -1.94. The first kappa shape index (κ1) is 13.5. The highest BCUT2D eigenvalue weighted by Gasteiger charge is 2.13. The molecule has 2 N–H and O–H groups in total. The minimum atomic E-state index is -0.985. The molecule has 0 aliphatic rings. The topological polar surface area (TPSA) is 62.5 Å². The van der Waals surface area contributed by atoms with Gasteiger partial charge in [-0.2, -0.15) is 0 Å². The fourth-order valence-corrected chi connectivity index (χ4v) is 2.09. The standard InChI is InChI=1S/C14H14ClNO3/c1-8-3-4-13(12(15)5-8)16-7-10-6-11(14(17)18)9(2)19-10/h3-6,16H,7H2,1-2H3,(H,17,18). The largest absolute Gasteiger partial charge is 0.478 e. The number of nitrogens with one attached hydrogen (secondary N) is 1. The highest BCUT2D eigenvalue weighted by atomic mass is 35.5. The van der Waals surface area contributed by atoms with Crippen LogP contribution in [0.5, 0.6) is 0 Å². The summed E-state index contributed by atoms with van der Waals surface area (Å²) in [6.07, 6.45) is 0. The van der Waals surface area contributed by atoms with E-state index in [0.717, 1.165) is 11.3 Å². The molecule has 0 radical (unpaired) electrons. The smallest absolute Gasteiger partial charge is 0.339 e. The summed E-state index contributed by atoms with van der Waals surface area (Å²) in [5.74, 6) is -0.0216. The number of aromatic carboxylic acids is 1. The molecule has 1 heterocycles. The SMILES string of the molecule is Cc1ccc(NCc2cc(C(=O)O)c(C)o2)c(Cl)c1. The van der Waals surface area contributed by atoms with Crippen molar-refractivity contribution < 1.29 is 14.3 Å². The van der Waals surface area contributed by atoms with Crippen LogP contribution < -0.4 is 5.32 Å². The number of carboxylic acids is 1. The summed E-state index contributed by atoms with van der Waals surface area (Å²) in [6, 6.07) is 7.21. The maximum atomic E-state index is 10.9. The molecule has 0 aliphatic carbocycles. The molecule has 0 bridgehead atoms. The molecule has 0 unspecified atom stereocenters. The number of furan rings is 1. The number of halogens is 1. The van der Waals surface area contributed by atoms with E-state index in [1.807, 2.05) is 25.1 Å².